The van der Waals surface area contributed by atoms with Gasteiger partial charge in [-0.2, -0.15) is 0 Å². The Balaban J connectivity index is 2.29. The largest absolute Gasteiger partial charge is 0.365 e. The van der Waals surface area contributed by atoms with Gasteiger partial charge in [-0.25, -0.2) is 0 Å². The Morgan fingerprint density at radius 3 is 2.09 bits per heavy atom. The van der Waals surface area contributed by atoms with Gasteiger partial charge < -0.3 is 4.74 Å². The van der Waals surface area contributed by atoms with E-state index < -0.39 is 0 Å². The molecule has 0 spiro atoms. The number of ether oxygens (including phenoxy) is 1. The molecule has 0 radical (unpaired) electrons. The van der Waals surface area contributed by atoms with Gasteiger partial charge in [0.05, 0.1) is 12.2 Å². The Bertz CT molecular complexity index is 200. The summed E-state index contributed by atoms with van der Waals surface area (Å²) in [6.45, 7) is 3.88. The average Bonchev–Trinajstić information content (AvgIpc) is 2.44. The summed E-state index contributed by atoms with van der Waals surface area (Å²) in [5.41, 5.74) is 0. The molecule has 4 atom stereocenters. The fraction of sp³-hybridized carbons (Fsp3) is 0.667. The quantitative estimate of drug-likeness (QED) is 0.487. The minimum atomic E-state index is 0.0556. The second kappa shape index (κ2) is 2.18. The van der Waals surface area contributed by atoms with Gasteiger partial charge in [0.25, 0.3) is 0 Å². The normalized spacial score (nSPS) is 48.4. The molecular formula is C9H12O2. The summed E-state index contributed by atoms with van der Waals surface area (Å²) >= 11 is 0. The van der Waals surface area contributed by atoms with E-state index in [1.165, 1.54) is 0 Å². The predicted octanol–water partition coefficient (Wildman–Crippen LogP) is 1.16. The molecule has 2 aliphatic heterocycles. The monoisotopic (exact) mass is 152 g/mol. The molecular weight excluding hydrogens is 140 g/mol. The van der Waals surface area contributed by atoms with Gasteiger partial charge in [-0.05, 0) is 0 Å². The van der Waals surface area contributed by atoms with Crippen LogP contribution in [0.3, 0.4) is 0 Å². The van der Waals surface area contributed by atoms with E-state index in [1.807, 2.05) is 26.0 Å². The average molecular weight is 152 g/mol. The van der Waals surface area contributed by atoms with Crippen molar-refractivity contribution in [2.24, 2.45) is 11.8 Å². The van der Waals surface area contributed by atoms with Crippen molar-refractivity contribution in [3.8, 4) is 0 Å². The number of hydrogen-bond acceptors (Lipinski definition) is 2. The number of Topliss-reactive ketones (excluding diaryl/α,β-unsaturated/α-hetero) is 1. The maximum atomic E-state index is 11.5. The lowest BCUT2D eigenvalue weighted by atomic mass is 9.88. The summed E-state index contributed by atoms with van der Waals surface area (Å²) in [5, 5.41) is 0. The second-order valence-electron chi connectivity index (χ2n) is 3.43. The number of rotatable bonds is 0. The molecule has 0 aromatic carbocycles. The molecule has 2 nitrogen and oxygen atoms in total. The van der Waals surface area contributed by atoms with Crippen molar-refractivity contribution in [2.45, 2.75) is 26.1 Å². The van der Waals surface area contributed by atoms with Crippen LogP contribution in [0.25, 0.3) is 0 Å². The molecule has 0 aromatic heterocycles. The van der Waals surface area contributed by atoms with Crippen LogP contribution in [0.15, 0.2) is 12.2 Å². The molecule has 2 aliphatic rings. The molecule has 60 valence electrons. The summed E-state index contributed by atoms with van der Waals surface area (Å²) in [5.74, 6) is 0.455. The molecule has 0 N–H and O–H groups in total. The van der Waals surface area contributed by atoms with Crippen LogP contribution in [0.5, 0.6) is 0 Å². The molecule has 2 heterocycles. The highest BCUT2D eigenvalue weighted by Crippen LogP contribution is 2.32. The smallest absolute Gasteiger partial charge is 0.144 e. The highest BCUT2D eigenvalue weighted by atomic mass is 16.5. The van der Waals surface area contributed by atoms with Crippen LogP contribution in [-0.4, -0.2) is 18.0 Å². The predicted molar refractivity (Wildman–Crippen MR) is 41.1 cm³/mol. The number of ketones is 1. The zero-order chi connectivity index (χ0) is 8.01. The molecule has 0 unspecified atom stereocenters. The summed E-state index contributed by atoms with van der Waals surface area (Å²) < 4.78 is 5.56. The lowest BCUT2D eigenvalue weighted by molar-refractivity contribution is -0.142. The number of carbonyl (C=O) groups is 1. The van der Waals surface area contributed by atoms with Gasteiger partial charge in [-0.15, -0.1) is 0 Å². The summed E-state index contributed by atoms with van der Waals surface area (Å²) in [7, 11) is 0. The third-order valence-corrected chi connectivity index (χ3v) is 2.69. The van der Waals surface area contributed by atoms with Crippen LogP contribution in [0, 0.1) is 11.8 Å². The third-order valence-electron chi connectivity index (χ3n) is 2.69. The fourth-order valence-electron chi connectivity index (χ4n) is 1.80. The highest BCUT2D eigenvalue weighted by Gasteiger charge is 2.41. The van der Waals surface area contributed by atoms with Crippen molar-refractivity contribution in [2.75, 3.05) is 0 Å². The van der Waals surface area contributed by atoms with Gasteiger partial charge >= 0.3 is 0 Å². The molecule has 2 rings (SSSR count). The van der Waals surface area contributed by atoms with Crippen LogP contribution < -0.4 is 0 Å². The lowest BCUT2D eigenvalue weighted by Gasteiger charge is -2.30. The zero-order valence-corrected chi connectivity index (χ0v) is 6.78. The van der Waals surface area contributed by atoms with Crippen molar-refractivity contribution < 1.29 is 9.53 Å². The number of hydrogen-bond donors (Lipinski definition) is 0. The molecule has 1 fully saturated rings. The van der Waals surface area contributed by atoms with Crippen LogP contribution in [0.1, 0.15) is 13.8 Å². The molecule has 2 heteroatoms. The summed E-state index contributed by atoms with van der Waals surface area (Å²) in [4.78, 5) is 11.5. The Hall–Kier alpha value is -0.630. The molecule has 0 aromatic rings. The van der Waals surface area contributed by atoms with E-state index in [-0.39, 0.29) is 24.0 Å². The Morgan fingerprint density at radius 1 is 1.18 bits per heavy atom. The second-order valence-corrected chi connectivity index (χ2v) is 3.43. The molecule has 11 heavy (non-hydrogen) atoms. The maximum absolute atomic E-state index is 11.5. The van der Waals surface area contributed by atoms with Crippen molar-refractivity contribution in [3.05, 3.63) is 12.2 Å². The lowest BCUT2D eigenvalue weighted by Crippen LogP contribution is -2.40. The maximum Gasteiger partial charge on any atom is 0.144 e. The standard InChI is InChI=1S/C9H12O2/c1-5-7-3-4-8(11-7)6(2)9(5)10/h3-8H,1-2H3/t5-,6-,7+,8+/m0/s1. The van der Waals surface area contributed by atoms with Crippen LogP contribution >= 0.6 is 0 Å². The van der Waals surface area contributed by atoms with Crippen LogP contribution in [0.4, 0.5) is 0 Å². The van der Waals surface area contributed by atoms with E-state index in [2.05, 4.69) is 0 Å². The van der Waals surface area contributed by atoms with Gasteiger partial charge in [-0.3, -0.25) is 4.79 Å². The van der Waals surface area contributed by atoms with E-state index in [4.69, 9.17) is 4.74 Å². The first kappa shape index (κ1) is 7.04. The molecule has 2 bridgehead atoms. The number of carbonyl (C=O) groups excluding carboxylic acids is 1. The van der Waals surface area contributed by atoms with E-state index in [0.717, 1.165) is 0 Å². The molecule has 1 saturated heterocycles. The first-order valence-electron chi connectivity index (χ1n) is 4.07. The van der Waals surface area contributed by atoms with Crippen molar-refractivity contribution in [1.29, 1.82) is 0 Å². The van der Waals surface area contributed by atoms with Crippen molar-refractivity contribution in [3.63, 3.8) is 0 Å². The van der Waals surface area contributed by atoms with E-state index >= 15 is 0 Å². The number of fused-ring (bicyclic) bond motifs is 2. The van der Waals surface area contributed by atoms with Gasteiger partial charge in [0, 0.05) is 11.8 Å². The fourth-order valence-corrected chi connectivity index (χ4v) is 1.80. The SMILES string of the molecule is C[C@@H]1C(=O)[C@@H](C)[C@H]2C=C[C@H]1O2. The Kier molecular flexibility index (Phi) is 1.39. The van der Waals surface area contributed by atoms with E-state index in [9.17, 15) is 4.79 Å². The minimum Gasteiger partial charge on any atom is -0.365 e. The third kappa shape index (κ3) is 0.857. The highest BCUT2D eigenvalue weighted by molar-refractivity contribution is 5.85. The minimum absolute atomic E-state index is 0.0556. The summed E-state index contributed by atoms with van der Waals surface area (Å²) in [6, 6.07) is 0. The Labute approximate surface area is 66.2 Å². The first-order valence-corrected chi connectivity index (χ1v) is 4.07. The molecule has 0 amide bonds. The van der Waals surface area contributed by atoms with E-state index in [1.54, 1.807) is 0 Å². The van der Waals surface area contributed by atoms with Gasteiger partial charge in [-0.1, -0.05) is 26.0 Å². The van der Waals surface area contributed by atoms with Crippen molar-refractivity contribution >= 4 is 5.78 Å². The first-order chi connectivity index (χ1) is 5.20. The van der Waals surface area contributed by atoms with E-state index in [0.29, 0.717) is 5.78 Å². The Morgan fingerprint density at radius 2 is 1.64 bits per heavy atom. The molecule has 0 saturated carbocycles. The molecule has 0 aliphatic carbocycles. The van der Waals surface area contributed by atoms with Crippen LogP contribution in [-0.2, 0) is 9.53 Å². The van der Waals surface area contributed by atoms with Gasteiger partial charge in [0.1, 0.15) is 5.78 Å². The zero-order valence-electron chi connectivity index (χ0n) is 6.78. The van der Waals surface area contributed by atoms with Crippen LogP contribution in [0.2, 0.25) is 0 Å². The van der Waals surface area contributed by atoms with Gasteiger partial charge in [0.15, 0.2) is 0 Å². The van der Waals surface area contributed by atoms with Gasteiger partial charge in [0.2, 0.25) is 0 Å². The topological polar surface area (TPSA) is 26.3 Å². The van der Waals surface area contributed by atoms with Crippen molar-refractivity contribution in [1.82, 2.24) is 0 Å². The summed E-state index contributed by atoms with van der Waals surface area (Å²) in [6.07, 6.45) is 4.14.